The first-order valence-electron chi connectivity index (χ1n) is 4.92. The minimum Gasteiger partial charge on any atom is -0.463 e. The molecule has 0 spiro atoms. The van der Waals surface area contributed by atoms with Gasteiger partial charge in [-0.15, -0.1) is 0 Å². The van der Waals surface area contributed by atoms with Gasteiger partial charge < -0.3 is 9.47 Å². The van der Waals surface area contributed by atoms with E-state index in [0.29, 0.717) is 12.2 Å². The lowest BCUT2D eigenvalue weighted by Gasteiger charge is -1.97. The van der Waals surface area contributed by atoms with Crippen LogP contribution in [-0.2, 0) is 14.3 Å². The van der Waals surface area contributed by atoms with E-state index in [0.717, 1.165) is 0 Å². The first-order chi connectivity index (χ1) is 8.17. The average Bonchev–Trinajstić information content (AvgIpc) is 2.36. The molecule has 6 nitrogen and oxygen atoms in total. The molecular weight excluding hydrogens is 224 g/mol. The number of ether oxygens (including phenoxy) is 2. The molecular formula is C11H12N2O4. The van der Waals surface area contributed by atoms with Crippen molar-refractivity contribution < 1.29 is 19.1 Å². The number of carbonyl (C=O) groups is 2. The van der Waals surface area contributed by atoms with E-state index in [4.69, 9.17) is 4.74 Å². The van der Waals surface area contributed by atoms with Crippen molar-refractivity contribution in [2.45, 2.75) is 6.92 Å². The summed E-state index contributed by atoms with van der Waals surface area (Å²) in [5.74, 6) is -1.07. The SMILES string of the molecule is CCOC(=O)C=Cc1cnc(C(=O)OC)nc1. The predicted octanol–water partition coefficient (Wildman–Crippen LogP) is 0.840. The van der Waals surface area contributed by atoms with Gasteiger partial charge in [0.1, 0.15) is 0 Å². The van der Waals surface area contributed by atoms with Crippen molar-refractivity contribution in [1.29, 1.82) is 0 Å². The van der Waals surface area contributed by atoms with Crippen molar-refractivity contribution in [3.8, 4) is 0 Å². The summed E-state index contributed by atoms with van der Waals surface area (Å²) in [7, 11) is 1.25. The fourth-order valence-corrected chi connectivity index (χ4v) is 0.975. The van der Waals surface area contributed by atoms with Crippen LogP contribution in [0.1, 0.15) is 23.1 Å². The van der Waals surface area contributed by atoms with Gasteiger partial charge in [0.15, 0.2) is 0 Å². The van der Waals surface area contributed by atoms with E-state index in [1.165, 1.54) is 31.7 Å². The average molecular weight is 236 g/mol. The maximum atomic E-state index is 11.0. The van der Waals surface area contributed by atoms with Crippen molar-refractivity contribution in [1.82, 2.24) is 9.97 Å². The fraction of sp³-hybridized carbons (Fsp3) is 0.273. The molecule has 0 bridgehead atoms. The minimum absolute atomic E-state index is 0.0271. The van der Waals surface area contributed by atoms with E-state index in [2.05, 4.69) is 14.7 Å². The van der Waals surface area contributed by atoms with Gasteiger partial charge in [-0.05, 0) is 13.0 Å². The van der Waals surface area contributed by atoms with Crippen LogP contribution in [-0.4, -0.2) is 35.6 Å². The molecule has 0 aliphatic heterocycles. The number of esters is 2. The lowest BCUT2D eigenvalue weighted by atomic mass is 10.3. The molecule has 1 rings (SSSR count). The number of carbonyl (C=O) groups excluding carboxylic acids is 2. The predicted molar refractivity (Wildman–Crippen MR) is 59.0 cm³/mol. The Morgan fingerprint density at radius 1 is 1.35 bits per heavy atom. The Bertz CT molecular complexity index is 426. The second-order valence-corrected chi connectivity index (χ2v) is 2.92. The quantitative estimate of drug-likeness (QED) is 0.569. The molecule has 0 atom stereocenters. The van der Waals surface area contributed by atoms with Gasteiger partial charge >= 0.3 is 11.9 Å². The standard InChI is InChI=1S/C11H12N2O4/c1-3-17-9(14)5-4-8-6-12-10(13-7-8)11(15)16-2/h4-7H,3H2,1-2H3. The maximum absolute atomic E-state index is 11.0. The Kier molecular flexibility index (Phi) is 4.80. The van der Waals surface area contributed by atoms with E-state index >= 15 is 0 Å². The second kappa shape index (κ2) is 6.37. The highest BCUT2D eigenvalue weighted by Gasteiger charge is 2.07. The summed E-state index contributed by atoms with van der Waals surface area (Å²) >= 11 is 0. The summed E-state index contributed by atoms with van der Waals surface area (Å²) in [5.41, 5.74) is 0.589. The molecule has 1 heterocycles. The van der Waals surface area contributed by atoms with E-state index in [1.54, 1.807) is 6.92 Å². The zero-order chi connectivity index (χ0) is 12.7. The van der Waals surface area contributed by atoms with E-state index < -0.39 is 11.9 Å². The van der Waals surface area contributed by atoms with Crippen molar-refractivity contribution in [2.75, 3.05) is 13.7 Å². The molecule has 0 N–H and O–H groups in total. The first-order valence-corrected chi connectivity index (χ1v) is 4.92. The molecule has 1 aromatic rings. The molecule has 1 aromatic heterocycles. The van der Waals surface area contributed by atoms with Crippen LogP contribution < -0.4 is 0 Å². The van der Waals surface area contributed by atoms with Gasteiger partial charge in [-0.3, -0.25) is 0 Å². The topological polar surface area (TPSA) is 78.4 Å². The number of aromatic nitrogens is 2. The lowest BCUT2D eigenvalue weighted by Crippen LogP contribution is -2.06. The summed E-state index contributed by atoms with van der Waals surface area (Å²) in [5, 5.41) is 0. The zero-order valence-electron chi connectivity index (χ0n) is 9.54. The monoisotopic (exact) mass is 236 g/mol. The third kappa shape index (κ3) is 4.02. The minimum atomic E-state index is -0.606. The fourth-order valence-electron chi connectivity index (χ4n) is 0.975. The van der Waals surface area contributed by atoms with Crippen molar-refractivity contribution in [3.05, 3.63) is 29.9 Å². The number of rotatable bonds is 4. The Morgan fingerprint density at radius 2 is 2.00 bits per heavy atom. The van der Waals surface area contributed by atoms with Crippen LogP contribution >= 0.6 is 0 Å². The Labute approximate surface area is 98.3 Å². The van der Waals surface area contributed by atoms with Crippen LogP contribution in [0.5, 0.6) is 0 Å². The lowest BCUT2D eigenvalue weighted by molar-refractivity contribution is -0.137. The van der Waals surface area contributed by atoms with Crippen LogP contribution in [0, 0.1) is 0 Å². The van der Waals surface area contributed by atoms with Gasteiger partial charge in [-0.1, -0.05) is 0 Å². The molecule has 17 heavy (non-hydrogen) atoms. The highest BCUT2D eigenvalue weighted by atomic mass is 16.5. The molecule has 0 unspecified atom stereocenters. The van der Waals surface area contributed by atoms with Gasteiger partial charge in [-0.2, -0.15) is 0 Å². The summed E-state index contributed by atoms with van der Waals surface area (Å²) < 4.78 is 9.15. The number of nitrogens with zero attached hydrogens (tertiary/aromatic N) is 2. The van der Waals surface area contributed by atoms with Crippen LogP contribution in [0.25, 0.3) is 6.08 Å². The van der Waals surface area contributed by atoms with Crippen LogP contribution in [0.3, 0.4) is 0 Å². The van der Waals surface area contributed by atoms with Crippen LogP contribution in [0.15, 0.2) is 18.5 Å². The molecule has 0 amide bonds. The summed E-state index contributed by atoms with van der Waals surface area (Å²) in [4.78, 5) is 29.6. The van der Waals surface area contributed by atoms with Gasteiger partial charge in [-0.25, -0.2) is 19.6 Å². The summed E-state index contributed by atoms with van der Waals surface area (Å²) in [6, 6.07) is 0. The zero-order valence-corrected chi connectivity index (χ0v) is 9.54. The smallest absolute Gasteiger partial charge is 0.376 e. The highest BCUT2D eigenvalue weighted by molar-refractivity contribution is 5.87. The molecule has 0 saturated carbocycles. The molecule has 0 fully saturated rings. The normalized spacial score (nSPS) is 10.2. The van der Waals surface area contributed by atoms with Gasteiger partial charge in [0.05, 0.1) is 13.7 Å². The third-order valence-corrected chi connectivity index (χ3v) is 1.74. The number of hydrogen-bond acceptors (Lipinski definition) is 6. The Hall–Kier alpha value is -2.24. The molecule has 0 aliphatic carbocycles. The molecule has 0 saturated heterocycles. The maximum Gasteiger partial charge on any atom is 0.376 e. The van der Waals surface area contributed by atoms with E-state index in [-0.39, 0.29) is 5.82 Å². The van der Waals surface area contributed by atoms with Gasteiger partial charge in [0.2, 0.25) is 5.82 Å². The first kappa shape index (κ1) is 12.8. The third-order valence-electron chi connectivity index (χ3n) is 1.74. The molecule has 6 heteroatoms. The van der Waals surface area contributed by atoms with Crippen molar-refractivity contribution in [3.63, 3.8) is 0 Å². The van der Waals surface area contributed by atoms with E-state index in [9.17, 15) is 9.59 Å². The number of hydrogen-bond donors (Lipinski definition) is 0. The Balaban J connectivity index is 2.68. The molecule has 0 aliphatic rings. The van der Waals surface area contributed by atoms with Crippen LogP contribution in [0.4, 0.5) is 0 Å². The number of methoxy groups -OCH3 is 1. The summed E-state index contributed by atoms with van der Waals surface area (Å²) in [6.45, 7) is 2.04. The van der Waals surface area contributed by atoms with Crippen LogP contribution in [0.2, 0.25) is 0 Å². The van der Waals surface area contributed by atoms with Crippen molar-refractivity contribution in [2.24, 2.45) is 0 Å². The van der Waals surface area contributed by atoms with Crippen molar-refractivity contribution >= 4 is 18.0 Å². The molecule has 0 radical (unpaired) electrons. The highest BCUT2D eigenvalue weighted by Crippen LogP contribution is 2.00. The van der Waals surface area contributed by atoms with Gasteiger partial charge in [0, 0.05) is 24.0 Å². The molecule has 90 valence electrons. The molecule has 0 aromatic carbocycles. The van der Waals surface area contributed by atoms with E-state index in [1.807, 2.05) is 0 Å². The Morgan fingerprint density at radius 3 is 2.53 bits per heavy atom. The largest absolute Gasteiger partial charge is 0.463 e. The van der Waals surface area contributed by atoms with Gasteiger partial charge in [0.25, 0.3) is 0 Å². The second-order valence-electron chi connectivity index (χ2n) is 2.92. The summed E-state index contributed by atoms with van der Waals surface area (Å²) in [6.07, 6.45) is 5.59.